The van der Waals surface area contributed by atoms with Gasteiger partial charge in [-0.3, -0.25) is 10.1 Å². The molecule has 0 amide bonds. The summed E-state index contributed by atoms with van der Waals surface area (Å²) >= 11 is 0. The Balaban J connectivity index is 3.13. The first-order valence-corrected chi connectivity index (χ1v) is 4.79. The molecule has 0 unspecified atom stereocenters. The second kappa shape index (κ2) is 4.76. The molecule has 0 bridgehead atoms. The van der Waals surface area contributed by atoms with Gasteiger partial charge >= 0.3 is 0 Å². The Morgan fingerprint density at radius 1 is 1.69 bits per heavy atom. The quantitative estimate of drug-likeness (QED) is 0.464. The van der Waals surface area contributed by atoms with Gasteiger partial charge in [0.1, 0.15) is 5.75 Å². The van der Waals surface area contributed by atoms with Crippen molar-refractivity contribution in [1.29, 1.82) is 0 Å². The molecule has 16 heavy (non-hydrogen) atoms. The highest BCUT2D eigenvalue weighted by molar-refractivity contribution is 5.46. The lowest BCUT2D eigenvalue weighted by molar-refractivity contribution is -0.385. The molecule has 86 valence electrons. The van der Waals surface area contributed by atoms with Gasteiger partial charge in [-0.05, 0) is 25.5 Å². The highest BCUT2D eigenvalue weighted by Gasteiger charge is 2.19. The van der Waals surface area contributed by atoms with Crippen LogP contribution >= 0.6 is 0 Å². The van der Waals surface area contributed by atoms with Crippen LogP contribution in [0.25, 0.3) is 0 Å². The molecule has 1 aromatic rings. The third-order valence-corrected chi connectivity index (χ3v) is 2.18. The van der Waals surface area contributed by atoms with Crippen LogP contribution in [-0.2, 0) is 0 Å². The van der Waals surface area contributed by atoms with Crippen molar-refractivity contribution in [2.45, 2.75) is 19.4 Å². The molecular weight excluding hydrogens is 208 g/mol. The van der Waals surface area contributed by atoms with Crippen LogP contribution in [0, 0.1) is 10.1 Å². The fraction of sp³-hybridized carbons (Fsp3) is 0.273. The predicted molar refractivity (Wildman–Crippen MR) is 61.1 cm³/mol. The van der Waals surface area contributed by atoms with Crippen molar-refractivity contribution in [2.24, 2.45) is 5.73 Å². The lowest BCUT2D eigenvalue weighted by Crippen LogP contribution is -2.12. The molecule has 0 aromatic heterocycles. The fourth-order valence-electron chi connectivity index (χ4n) is 1.49. The maximum absolute atomic E-state index is 10.8. The van der Waals surface area contributed by atoms with Gasteiger partial charge in [-0.15, -0.1) is 6.58 Å². The number of phenolic OH excluding ortho intramolecular Hbond substituents is 1. The number of hydrogen-bond acceptors (Lipinski definition) is 4. The molecule has 0 spiro atoms. The molecular formula is C11H14N2O3. The fourth-order valence-corrected chi connectivity index (χ4v) is 1.49. The standard InChI is InChI=1S/C11H14N2O3/c1-7(2)5-10(12)9-6-8(14)3-4-11(9)13(15)16/h3-4,6,10,14H,1,5,12H2,2H3/t10-/m0/s1. The van der Waals surface area contributed by atoms with Gasteiger partial charge in [0.15, 0.2) is 0 Å². The number of hydrogen-bond donors (Lipinski definition) is 2. The number of rotatable bonds is 4. The Morgan fingerprint density at radius 3 is 2.81 bits per heavy atom. The van der Waals surface area contributed by atoms with E-state index in [4.69, 9.17) is 5.73 Å². The van der Waals surface area contributed by atoms with Gasteiger partial charge in [0, 0.05) is 12.1 Å². The molecule has 0 aliphatic carbocycles. The van der Waals surface area contributed by atoms with Gasteiger partial charge in [0.25, 0.3) is 5.69 Å². The third-order valence-electron chi connectivity index (χ3n) is 2.18. The smallest absolute Gasteiger partial charge is 0.274 e. The van der Waals surface area contributed by atoms with Crippen LogP contribution in [-0.4, -0.2) is 10.0 Å². The van der Waals surface area contributed by atoms with Gasteiger partial charge < -0.3 is 10.8 Å². The molecule has 1 atom stereocenters. The van der Waals surface area contributed by atoms with Crippen LogP contribution in [0.5, 0.6) is 5.75 Å². The van der Waals surface area contributed by atoms with Crippen LogP contribution in [0.4, 0.5) is 5.69 Å². The van der Waals surface area contributed by atoms with E-state index in [1.807, 2.05) is 0 Å². The SMILES string of the molecule is C=C(C)C[C@H](N)c1cc(O)ccc1[N+](=O)[O-]. The van der Waals surface area contributed by atoms with Gasteiger partial charge in [-0.2, -0.15) is 0 Å². The summed E-state index contributed by atoms with van der Waals surface area (Å²) in [7, 11) is 0. The van der Waals surface area contributed by atoms with E-state index in [0.29, 0.717) is 12.0 Å². The Hall–Kier alpha value is -1.88. The first-order valence-electron chi connectivity index (χ1n) is 4.79. The number of nitro groups is 1. The normalized spacial score (nSPS) is 12.1. The molecule has 0 radical (unpaired) electrons. The molecule has 0 fully saturated rings. The lowest BCUT2D eigenvalue weighted by Gasteiger charge is -2.12. The largest absolute Gasteiger partial charge is 0.508 e. The highest BCUT2D eigenvalue weighted by Crippen LogP contribution is 2.30. The van der Waals surface area contributed by atoms with Crippen molar-refractivity contribution in [2.75, 3.05) is 0 Å². The summed E-state index contributed by atoms with van der Waals surface area (Å²) in [5, 5.41) is 20.1. The van der Waals surface area contributed by atoms with E-state index in [9.17, 15) is 15.2 Å². The van der Waals surface area contributed by atoms with Crippen molar-refractivity contribution in [3.05, 3.63) is 46.0 Å². The Kier molecular flexibility index (Phi) is 3.63. The highest BCUT2D eigenvalue weighted by atomic mass is 16.6. The van der Waals surface area contributed by atoms with Gasteiger partial charge in [-0.1, -0.05) is 5.57 Å². The zero-order valence-electron chi connectivity index (χ0n) is 9.01. The van der Waals surface area contributed by atoms with E-state index in [1.54, 1.807) is 6.92 Å². The second-order valence-corrected chi connectivity index (χ2v) is 3.77. The minimum absolute atomic E-state index is 0.0298. The average Bonchev–Trinajstić information content (AvgIpc) is 2.15. The summed E-state index contributed by atoms with van der Waals surface area (Å²) in [5.41, 5.74) is 6.91. The number of nitrogens with two attached hydrogens (primary N) is 1. The zero-order chi connectivity index (χ0) is 12.3. The van der Waals surface area contributed by atoms with E-state index >= 15 is 0 Å². The molecule has 1 rings (SSSR count). The summed E-state index contributed by atoms with van der Waals surface area (Å²) in [5.74, 6) is -0.0298. The number of nitrogens with zero attached hydrogens (tertiary/aromatic N) is 1. The number of phenols is 1. The summed E-state index contributed by atoms with van der Waals surface area (Å²) in [6.45, 7) is 5.51. The average molecular weight is 222 g/mol. The topological polar surface area (TPSA) is 89.4 Å². The zero-order valence-corrected chi connectivity index (χ0v) is 9.01. The molecule has 0 heterocycles. The monoisotopic (exact) mass is 222 g/mol. The lowest BCUT2D eigenvalue weighted by atomic mass is 9.99. The molecule has 0 saturated carbocycles. The molecule has 5 heteroatoms. The maximum atomic E-state index is 10.8. The molecule has 0 aliphatic rings. The molecule has 0 saturated heterocycles. The summed E-state index contributed by atoms with van der Waals surface area (Å²) < 4.78 is 0. The molecule has 5 nitrogen and oxygen atoms in total. The molecule has 0 aliphatic heterocycles. The number of benzene rings is 1. The van der Waals surface area contributed by atoms with Crippen LogP contribution in [0.2, 0.25) is 0 Å². The molecule has 3 N–H and O–H groups in total. The van der Waals surface area contributed by atoms with Crippen molar-refractivity contribution in [3.8, 4) is 5.75 Å². The number of nitro benzene ring substituents is 1. The van der Waals surface area contributed by atoms with Crippen molar-refractivity contribution >= 4 is 5.69 Å². The van der Waals surface area contributed by atoms with Gasteiger partial charge in [0.2, 0.25) is 0 Å². The van der Waals surface area contributed by atoms with Crippen LogP contribution in [0.1, 0.15) is 24.9 Å². The van der Waals surface area contributed by atoms with Crippen LogP contribution < -0.4 is 5.73 Å². The first kappa shape index (κ1) is 12.2. The van der Waals surface area contributed by atoms with E-state index in [0.717, 1.165) is 5.57 Å². The summed E-state index contributed by atoms with van der Waals surface area (Å²) in [6.07, 6.45) is 0.449. The minimum atomic E-state index is -0.523. The van der Waals surface area contributed by atoms with Crippen LogP contribution in [0.3, 0.4) is 0 Å². The maximum Gasteiger partial charge on any atom is 0.274 e. The Morgan fingerprint density at radius 2 is 2.31 bits per heavy atom. The number of aromatic hydroxyl groups is 1. The van der Waals surface area contributed by atoms with Crippen molar-refractivity contribution in [1.82, 2.24) is 0 Å². The minimum Gasteiger partial charge on any atom is -0.508 e. The van der Waals surface area contributed by atoms with E-state index in [-0.39, 0.29) is 11.4 Å². The second-order valence-electron chi connectivity index (χ2n) is 3.77. The van der Waals surface area contributed by atoms with Crippen molar-refractivity contribution in [3.63, 3.8) is 0 Å². The Bertz CT molecular complexity index is 429. The predicted octanol–water partition coefficient (Wildman–Crippen LogP) is 2.27. The summed E-state index contributed by atoms with van der Waals surface area (Å²) in [4.78, 5) is 10.3. The van der Waals surface area contributed by atoms with Gasteiger partial charge in [0.05, 0.1) is 10.5 Å². The van der Waals surface area contributed by atoms with E-state index < -0.39 is 11.0 Å². The van der Waals surface area contributed by atoms with Crippen LogP contribution in [0.15, 0.2) is 30.4 Å². The van der Waals surface area contributed by atoms with E-state index in [1.165, 1.54) is 18.2 Å². The van der Waals surface area contributed by atoms with E-state index in [2.05, 4.69) is 6.58 Å². The first-order chi connectivity index (χ1) is 7.41. The Labute approximate surface area is 93.4 Å². The van der Waals surface area contributed by atoms with Gasteiger partial charge in [-0.25, -0.2) is 0 Å². The molecule has 1 aromatic carbocycles. The third kappa shape index (κ3) is 2.80. The summed E-state index contributed by atoms with van der Waals surface area (Å²) in [6, 6.07) is 3.33. The van der Waals surface area contributed by atoms with Crippen molar-refractivity contribution < 1.29 is 10.0 Å².